The molecule has 2 fully saturated rings. The van der Waals surface area contributed by atoms with Crippen LogP contribution in [0.2, 0.25) is 0 Å². The van der Waals surface area contributed by atoms with E-state index in [4.69, 9.17) is 14.5 Å². The summed E-state index contributed by atoms with van der Waals surface area (Å²) in [6.07, 6.45) is 3.58. The number of ether oxygens (including phenoxy) is 2. The van der Waals surface area contributed by atoms with E-state index < -0.39 is 0 Å². The zero-order valence-electron chi connectivity index (χ0n) is 17.8. The Balaban J connectivity index is 0.00000300. The molecule has 164 valence electrons. The molecular weight excluding hydrogens is 497 g/mol. The summed E-state index contributed by atoms with van der Waals surface area (Å²) in [5, 5.41) is 4.19. The quantitative estimate of drug-likeness (QED) is 0.322. The predicted molar refractivity (Wildman–Crippen MR) is 133 cm³/mol. The van der Waals surface area contributed by atoms with Crippen molar-refractivity contribution in [3.63, 3.8) is 0 Å². The third-order valence-corrected chi connectivity index (χ3v) is 6.69. The molecule has 0 bridgehead atoms. The molecule has 5 nitrogen and oxygen atoms in total. The van der Waals surface area contributed by atoms with E-state index in [0.29, 0.717) is 24.5 Å². The largest absolute Gasteiger partial charge is 0.381 e. The number of aliphatic imine (C=N–C) groups is 1. The molecule has 1 aromatic rings. The zero-order chi connectivity index (χ0) is 19.6. The summed E-state index contributed by atoms with van der Waals surface area (Å²) in [6, 6.07) is 8.69. The molecule has 0 aliphatic carbocycles. The van der Waals surface area contributed by atoms with Gasteiger partial charge in [-0.1, -0.05) is 31.2 Å². The molecule has 2 saturated heterocycles. The van der Waals surface area contributed by atoms with Gasteiger partial charge in [0.2, 0.25) is 0 Å². The molecule has 0 spiro atoms. The van der Waals surface area contributed by atoms with Crippen LogP contribution in [0.4, 0.5) is 0 Å². The van der Waals surface area contributed by atoms with E-state index in [2.05, 4.69) is 60.1 Å². The van der Waals surface area contributed by atoms with Gasteiger partial charge in [-0.3, -0.25) is 0 Å². The van der Waals surface area contributed by atoms with E-state index in [1.807, 2.05) is 0 Å². The van der Waals surface area contributed by atoms with Crippen LogP contribution in [0.25, 0.3) is 0 Å². The van der Waals surface area contributed by atoms with E-state index >= 15 is 0 Å². The molecule has 7 heteroatoms. The summed E-state index contributed by atoms with van der Waals surface area (Å²) in [6.45, 7) is 10.5. The highest BCUT2D eigenvalue weighted by atomic mass is 127. The Morgan fingerprint density at radius 1 is 1.21 bits per heavy atom. The standard InChI is InChI=1S/C22H35N3O2S.HI/c1-3-21-16-25(11-14-28-21)22(23-4-2)24-15-18-5-7-19(8-6-18)17-27-20-9-12-26-13-10-20;/h5-8,20-21H,3-4,9-17H2,1-2H3,(H,23,24);1H. The zero-order valence-corrected chi connectivity index (χ0v) is 20.9. The lowest BCUT2D eigenvalue weighted by molar-refractivity contribution is -0.0390. The molecule has 29 heavy (non-hydrogen) atoms. The molecule has 1 unspecified atom stereocenters. The van der Waals surface area contributed by atoms with E-state index in [9.17, 15) is 0 Å². The average Bonchev–Trinajstić information content (AvgIpc) is 2.76. The van der Waals surface area contributed by atoms with E-state index in [0.717, 1.165) is 51.6 Å². The number of hydrogen-bond acceptors (Lipinski definition) is 4. The van der Waals surface area contributed by atoms with Gasteiger partial charge in [-0.2, -0.15) is 11.8 Å². The molecule has 2 heterocycles. The molecule has 2 aliphatic heterocycles. The first kappa shape index (κ1) is 24.8. The van der Waals surface area contributed by atoms with Gasteiger partial charge in [-0.15, -0.1) is 24.0 Å². The Morgan fingerprint density at radius 3 is 2.62 bits per heavy atom. The van der Waals surface area contributed by atoms with Crippen LogP contribution in [0, 0.1) is 0 Å². The molecule has 1 atom stereocenters. The van der Waals surface area contributed by atoms with Crippen LogP contribution in [-0.4, -0.2) is 60.8 Å². The third kappa shape index (κ3) is 8.26. The lowest BCUT2D eigenvalue weighted by Gasteiger charge is -2.34. The lowest BCUT2D eigenvalue weighted by Crippen LogP contribution is -2.48. The van der Waals surface area contributed by atoms with E-state index in [-0.39, 0.29) is 24.0 Å². The highest BCUT2D eigenvalue weighted by molar-refractivity contribution is 14.0. The second kappa shape index (κ2) is 13.7. The first-order chi connectivity index (χ1) is 13.8. The van der Waals surface area contributed by atoms with Gasteiger partial charge < -0.3 is 19.7 Å². The summed E-state index contributed by atoms with van der Waals surface area (Å²) >= 11 is 2.09. The van der Waals surface area contributed by atoms with E-state index in [1.54, 1.807) is 0 Å². The summed E-state index contributed by atoms with van der Waals surface area (Å²) in [5.74, 6) is 2.23. The minimum Gasteiger partial charge on any atom is -0.381 e. The first-order valence-corrected chi connectivity index (χ1v) is 11.7. The summed E-state index contributed by atoms with van der Waals surface area (Å²) < 4.78 is 11.4. The summed E-state index contributed by atoms with van der Waals surface area (Å²) in [4.78, 5) is 7.32. The van der Waals surface area contributed by atoms with Crippen LogP contribution in [0.1, 0.15) is 44.2 Å². The Hall–Kier alpha value is -0.510. The minimum atomic E-state index is 0. The smallest absolute Gasteiger partial charge is 0.194 e. The fraction of sp³-hybridized carbons (Fsp3) is 0.682. The topological polar surface area (TPSA) is 46.1 Å². The Labute approximate surface area is 197 Å². The van der Waals surface area contributed by atoms with Gasteiger partial charge in [0, 0.05) is 43.9 Å². The highest BCUT2D eigenvalue weighted by Crippen LogP contribution is 2.21. The number of thioether (sulfide) groups is 1. The minimum absolute atomic E-state index is 0. The number of rotatable bonds is 7. The van der Waals surface area contributed by atoms with Crippen molar-refractivity contribution in [2.24, 2.45) is 4.99 Å². The molecule has 0 saturated carbocycles. The SMILES string of the molecule is CCNC(=NCc1ccc(COC2CCOCC2)cc1)N1CCSC(CC)C1.I. The fourth-order valence-corrected chi connectivity index (χ4v) is 4.73. The third-order valence-electron chi connectivity index (χ3n) is 5.32. The highest BCUT2D eigenvalue weighted by Gasteiger charge is 2.21. The molecule has 1 N–H and O–H groups in total. The maximum absolute atomic E-state index is 6.01. The van der Waals surface area contributed by atoms with Crippen molar-refractivity contribution >= 4 is 41.7 Å². The number of hydrogen-bond donors (Lipinski definition) is 1. The molecule has 3 rings (SSSR count). The number of guanidine groups is 1. The Kier molecular flexibility index (Phi) is 11.7. The fourth-order valence-electron chi connectivity index (χ4n) is 3.55. The van der Waals surface area contributed by atoms with Gasteiger partial charge in [0.05, 0.1) is 19.3 Å². The van der Waals surface area contributed by atoms with Crippen molar-refractivity contribution in [3.05, 3.63) is 35.4 Å². The molecular formula is C22H36IN3O2S. The summed E-state index contributed by atoms with van der Waals surface area (Å²) in [7, 11) is 0. The molecule has 0 amide bonds. The van der Waals surface area contributed by atoms with Crippen molar-refractivity contribution in [2.45, 2.75) is 57.6 Å². The van der Waals surface area contributed by atoms with Gasteiger partial charge in [0.15, 0.2) is 5.96 Å². The second-order valence-electron chi connectivity index (χ2n) is 7.46. The van der Waals surface area contributed by atoms with Crippen molar-refractivity contribution < 1.29 is 9.47 Å². The van der Waals surface area contributed by atoms with Crippen LogP contribution in [0.15, 0.2) is 29.3 Å². The van der Waals surface area contributed by atoms with Crippen LogP contribution in [-0.2, 0) is 22.6 Å². The molecule has 1 aromatic carbocycles. The Morgan fingerprint density at radius 2 is 1.93 bits per heavy atom. The van der Waals surface area contributed by atoms with Crippen molar-refractivity contribution in [2.75, 3.05) is 38.6 Å². The van der Waals surface area contributed by atoms with Crippen molar-refractivity contribution in [1.82, 2.24) is 10.2 Å². The van der Waals surface area contributed by atoms with Crippen LogP contribution >= 0.6 is 35.7 Å². The number of nitrogens with zero attached hydrogens (tertiary/aromatic N) is 2. The maximum Gasteiger partial charge on any atom is 0.194 e. The average molecular weight is 534 g/mol. The van der Waals surface area contributed by atoms with Gasteiger partial charge in [0.1, 0.15) is 0 Å². The number of halogens is 1. The second-order valence-corrected chi connectivity index (χ2v) is 8.86. The van der Waals surface area contributed by atoms with Gasteiger partial charge in [-0.25, -0.2) is 4.99 Å². The van der Waals surface area contributed by atoms with E-state index in [1.165, 1.54) is 23.3 Å². The molecule has 2 aliphatic rings. The summed E-state index contributed by atoms with van der Waals surface area (Å²) in [5.41, 5.74) is 2.47. The first-order valence-electron chi connectivity index (χ1n) is 10.7. The predicted octanol–water partition coefficient (Wildman–Crippen LogP) is 4.29. The van der Waals surface area contributed by atoms with Crippen molar-refractivity contribution in [3.8, 4) is 0 Å². The van der Waals surface area contributed by atoms with Gasteiger partial charge in [-0.05, 0) is 37.3 Å². The van der Waals surface area contributed by atoms with Gasteiger partial charge in [0.25, 0.3) is 0 Å². The monoisotopic (exact) mass is 533 g/mol. The van der Waals surface area contributed by atoms with Gasteiger partial charge >= 0.3 is 0 Å². The Bertz CT molecular complexity index is 609. The molecule has 0 aromatic heterocycles. The maximum atomic E-state index is 6.01. The molecule has 0 radical (unpaired) electrons. The van der Waals surface area contributed by atoms with Crippen LogP contribution < -0.4 is 5.32 Å². The van der Waals surface area contributed by atoms with Crippen LogP contribution in [0.5, 0.6) is 0 Å². The van der Waals surface area contributed by atoms with Crippen molar-refractivity contribution in [1.29, 1.82) is 0 Å². The number of benzene rings is 1. The number of nitrogens with one attached hydrogen (secondary N) is 1. The normalized spacial score (nSPS) is 21.0. The lowest BCUT2D eigenvalue weighted by atomic mass is 10.1. The van der Waals surface area contributed by atoms with Crippen LogP contribution in [0.3, 0.4) is 0 Å².